The van der Waals surface area contributed by atoms with E-state index in [9.17, 15) is 39.6 Å². The molecule has 0 bridgehead atoms. The molecule has 0 aromatic heterocycles. The van der Waals surface area contributed by atoms with Crippen molar-refractivity contribution in [3.05, 3.63) is 0 Å². The van der Waals surface area contributed by atoms with Gasteiger partial charge in [-0.25, -0.2) is 0 Å². The van der Waals surface area contributed by atoms with Crippen LogP contribution in [0.4, 0.5) is 0 Å². The fourth-order valence-corrected chi connectivity index (χ4v) is 1.44. The molecule has 10 nitrogen and oxygen atoms in total. The summed E-state index contributed by atoms with van der Waals surface area (Å²) in [7, 11) is 0. The summed E-state index contributed by atoms with van der Waals surface area (Å²) in [6, 6.07) is 0. The topological polar surface area (TPSA) is 167 Å². The fraction of sp³-hybridized carbons (Fsp3) is 0.600. The van der Waals surface area contributed by atoms with Gasteiger partial charge in [0.25, 0.3) is 0 Å². The van der Waals surface area contributed by atoms with Crippen LogP contribution in [0.25, 0.3) is 0 Å². The molecule has 0 aromatic carbocycles. The Balaban J connectivity index is -0.00000180. The van der Waals surface area contributed by atoms with Gasteiger partial charge in [0, 0.05) is 39.3 Å². The van der Waals surface area contributed by atoms with Crippen molar-refractivity contribution in [2.24, 2.45) is 0 Å². The fourth-order valence-electron chi connectivity index (χ4n) is 1.44. The molecule has 0 amide bonds. The van der Waals surface area contributed by atoms with Gasteiger partial charge in [-0.3, -0.25) is 9.80 Å². The molecule has 0 aliphatic carbocycles. The maximum absolute atomic E-state index is 10.4. The summed E-state index contributed by atoms with van der Waals surface area (Å²) < 4.78 is 0. The van der Waals surface area contributed by atoms with Crippen molar-refractivity contribution in [1.82, 2.24) is 9.80 Å². The van der Waals surface area contributed by atoms with Crippen molar-refractivity contribution < 1.29 is 86.2 Å². The second kappa shape index (κ2) is 13.9. The molecule has 0 fully saturated rings. The number of carboxylic acids is 4. The van der Waals surface area contributed by atoms with Crippen molar-refractivity contribution >= 4 is 23.9 Å². The third-order valence-electron chi connectivity index (χ3n) is 2.14. The molecule has 119 valence electrons. The molecule has 1 radical (unpaired) electrons. The van der Waals surface area contributed by atoms with Crippen molar-refractivity contribution in [2.45, 2.75) is 0 Å². The molecule has 0 aliphatic rings. The van der Waals surface area contributed by atoms with Crippen LogP contribution in [0.15, 0.2) is 0 Å². The van der Waals surface area contributed by atoms with E-state index in [1.807, 2.05) is 0 Å². The van der Waals surface area contributed by atoms with E-state index in [0.29, 0.717) is 0 Å². The van der Waals surface area contributed by atoms with Gasteiger partial charge in [0.15, 0.2) is 0 Å². The number of nitrogens with zero attached hydrogens (tertiary/aromatic N) is 2. The summed E-state index contributed by atoms with van der Waals surface area (Å²) in [6.45, 7) is -3.25. The van der Waals surface area contributed by atoms with Gasteiger partial charge in [-0.15, -0.1) is 0 Å². The van der Waals surface area contributed by atoms with Crippen LogP contribution in [-0.2, 0) is 36.2 Å². The van der Waals surface area contributed by atoms with E-state index in [1.165, 1.54) is 0 Å². The van der Waals surface area contributed by atoms with E-state index < -0.39 is 50.1 Å². The van der Waals surface area contributed by atoms with Crippen LogP contribution in [0.5, 0.6) is 0 Å². The maximum Gasteiger partial charge on any atom is 2.00 e. The first kappa shape index (κ1) is 26.2. The predicted octanol–water partition coefficient (Wildman–Crippen LogP) is -10.4. The Hall–Kier alpha value is -0.681. The van der Waals surface area contributed by atoms with E-state index in [4.69, 9.17) is 0 Å². The Morgan fingerprint density at radius 3 is 0.909 bits per heavy atom. The molecule has 0 saturated heterocycles. The van der Waals surface area contributed by atoms with E-state index >= 15 is 0 Å². The molecule has 22 heavy (non-hydrogen) atoms. The molecule has 0 aliphatic heterocycles. The third-order valence-corrected chi connectivity index (χ3v) is 2.14. The van der Waals surface area contributed by atoms with E-state index in [0.717, 1.165) is 9.80 Å². The molecule has 0 spiro atoms. The Bertz CT molecular complexity index is 327. The summed E-state index contributed by atoms with van der Waals surface area (Å²) in [5.41, 5.74) is 0. The van der Waals surface area contributed by atoms with Crippen LogP contribution >= 0.6 is 0 Å². The summed E-state index contributed by atoms with van der Waals surface area (Å²) in [6.07, 6.45) is 0. The van der Waals surface area contributed by atoms with Gasteiger partial charge in [0.05, 0.1) is 23.9 Å². The number of hydrogen-bond donors (Lipinski definition) is 0. The summed E-state index contributed by atoms with van der Waals surface area (Å²) >= 11 is 0. The Kier molecular flexibility index (Phi) is 16.6. The van der Waals surface area contributed by atoms with Crippen LogP contribution in [0.3, 0.4) is 0 Å². The zero-order valence-electron chi connectivity index (χ0n) is 11.8. The van der Waals surface area contributed by atoms with E-state index in [-0.39, 0.29) is 59.7 Å². The zero-order chi connectivity index (χ0) is 15.7. The van der Waals surface area contributed by atoms with Crippen molar-refractivity contribution in [3.8, 4) is 0 Å². The average molecular weight is 366 g/mol. The first-order valence-corrected chi connectivity index (χ1v) is 5.44. The number of aliphatic carboxylic acids is 4. The van der Waals surface area contributed by atoms with Gasteiger partial charge in [0.2, 0.25) is 0 Å². The van der Waals surface area contributed by atoms with Crippen LogP contribution < -0.4 is 50.0 Å². The molecule has 0 N–H and O–H groups in total. The smallest absolute Gasteiger partial charge is 0.549 e. The standard InChI is InChI=1S/C10H16N2O8.Mn.Na/c13-7(14)3-11(4-8(15)16)1-2-12(5-9(17)18)6-10(19)20;;/h1-6H2,(H,13,14)(H,15,16)(H,17,18)(H,19,20);;/q;+2;+1/p-4. The van der Waals surface area contributed by atoms with Gasteiger partial charge in [-0.2, -0.15) is 0 Å². The van der Waals surface area contributed by atoms with Gasteiger partial charge in [-0.1, -0.05) is 0 Å². The first-order valence-electron chi connectivity index (χ1n) is 5.44. The Morgan fingerprint density at radius 2 is 0.773 bits per heavy atom. The molecule has 0 heterocycles. The molecule has 0 saturated carbocycles. The monoisotopic (exact) mass is 366 g/mol. The number of hydrogen-bond acceptors (Lipinski definition) is 10. The molecule has 0 atom stereocenters. The minimum atomic E-state index is -1.53. The van der Waals surface area contributed by atoms with Crippen molar-refractivity contribution in [1.29, 1.82) is 0 Å². The predicted molar refractivity (Wildman–Crippen MR) is 52.9 cm³/mol. The number of rotatable bonds is 11. The molecule has 0 rings (SSSR count). The van der Waals surface area contributed by atoms with Crippen LogP contribution in [0, 0.1) is 0 Å². The number of carbonyl (C=O) groups is 4. The number of carbonyl (C=O) groups excluding carboxylic acids is 4. The minimum absolute atomic E-state index is 0. The molecule has 0 unspecified atom stereocenters. The van der Waals surface area contributed by atoms with E-state index in [2.05, 4.69) is 0 Å². The quantitative estimate of drug-likeness (QED) is 0.320. The van der Waals surface area contributed by atoms with Crippen LogP contribution in [-0.4, -0.2) is 72.9 Å². The summed E-state index contributed by atoms with van der Waals surface area (Å²) in [4.78, 5) is 43.4. The van der Waals surface area contributed by atoms with E-state index in [1.54, 1.807) is 0 Å². The van der Waals surface area contributed by atoms with Gasteiger partial charge < -0.3 is 39.6 Å². The van der Waals surface area contributed by atoms with Crippen LogP contribution in [0.2, 0.25) is 0 Å². The first-order chi connectivity index (χ1) is 9.20. The third kappa shape index (κ3) is 15.7. The zero-order valence-corrected chi connectivity index (χ0v) is 15.0. The summed E-state index contributed by atoms with van der Waals surface area (Å²) in [5.74, 6) is -6.12. The van der Waals surface area contributed by atoms with Gasteiger partial charge >= 0.3 is 46.6 Å². The maximum atomic E-state index is 10.4. The van der Waals surface area contributed by atoms with Crippen LogP contribution in [0.1, 0.15) is 0 Å². The second-order valence-corrected chi connectivity index (χ2v) is 3.91. The molecule has 12 heteroatoms. The Morgan fingerprint density at radius 1 is 0.591 bits per heavy atom. The summed E-state index contributed by atoms with van der Waals surface area (Å²) in [5, 5.41) is 41.6. The van der Waals surface area contributed by atoms with Crippen molar-refractivity contribution in [3.63, 3.8) is 0 Å². The SMILES string of the molecule is O=C([O-])CN(CCN(CC(=O)[O-])CC(=O)[O-])CC(=O)[O-].[Mn+2].[Na+]. The second-order valence-electron chi connectivity index (χ2n) is 3.91. The molecular formula is C10H12MnN2NaO8-. The average Bonchev–Trinajstić information content (AvgIpc) is 2.22. The molecule has 0 aromatic rings. The number of carboxylic acid groups (broad SMARTS) is 4. The Labute approximate surface area is 158 Å². The van der Waals surface area contributed by atoms with Crippen molar-refractivity contribution in [2.75, 3.05) is 39.3 Å². The normalized spacial score (nSPS) is 9.73. The molecular weight excluding hydrogens is 354 g/mol. The van der Waals surface area contributed by atoms with Gasteiger partial charge in [-0.05, 0) is 0 Å². The largest absolute Gasteiger partial charge is 2.00 e. The van der Waals surface area contributed by atoms with Gasteiger partial charge in [0.1, 0.15) is 0 Å². The minimum Gasteiger partial charge on any atom is -0.549 e.